The number of carboxylic acid groups (broad SMARTS) is 1. The third-order valence-electron chi connectivity index (χ3n) is 16.7. The van der Waals surface area contributed by atoms with Crippen molar-refractivity contribution < 1.29 is 73.0 Å². The number of carboxylic acids is 1. The predicted molar refractivity (Wildman–Crippen MR) is 419 cm³/mol. The molecule has 2 unspecified atom stereocenters. The van der Waals surface area contributed by atoms with Gasteiger partial charge in [-0.1, -0.05) is 204 Å². The maximum atomic E-state index is 11.9. The number of aryl methyl sites for hydroxylation is 4. The number of aliphatic hydroxyl groups excluding tert-OH is 2. The van der Waals surface area contributed by atoms with Crippen LogP contribution in [0.5, 0.6) is 0 Å². The summed E-state index contributed by atoms with van der Waals surface area (Å²) in [6, 6.07) is 62.8. The Hall–Kier alpha value is -11.5. The summed E-state index contributed by atoms with van der Waals surface area (Å²) < 4.78 is 14.8. The Morgan fingerprint density at radius 3 is 0.899 bits per heavy atom. The number of halogens is 1. The maximum absolute atomic E-state index is 11.9. The average Bonchev–Trinajstić information content (AvgIpc) is 0.841. The topological polar surface area (TPSA) is 316 Å². The number of carbonyl (C=O) groups is 4. The van der Waals surface area contributed by atoms with Crippen LogP contribution in [0.4, 0.5) is 5.69 Å². The molecular formula is C87H89ClLiN9O11. The van der Waals surface area contributed by atoms with Crippen molar-refractivity contribution in [3.8, 4) is 44.5 Å². The number of rotatable bonds is 23. The normalized spacial score (nSPS) is 10.8. The third kappa shape index (κ3) is 28.6. The molecule has 0 radical (unpaired) electrons. The van der Waals surface area contributed by atoms with Crippen LogP contribution in [0.2, 0.25) is 5.28 Å². The molecule has 20 nitrogen and oxygen atoms in total. The smallest absolute Gasteiger partial charge is 0.870 e. The number of nitrogens with two attached hydrogens (primary N) is 1. The number of aliphatic carboxylic acids is 1. The van der Waals surface area contributed by atoms with Crippen LogP contribution in [-0.4, -0.2) is 118 Å². The summed E-state index contributed by atoms with van der Waals surface area (Å²) in [5, 5.41) is 28.0. The maximum Gasteiger partial charge on any atom is 1.00 e. The van der Waals surface area contributed by atoms with Gasteiger partial charge in [-0.25, -0.2) is 39.9 Å². The minimum atomic E-state index is -1.03. The van der Waals surface area contributed by atoms with E-state index >= 15 is 0 Å². The first-order chi connectivity index (χ1) is 51.8. The number of nitrogens with zero attached hydrogens (tertiary/aromatic N) is 8. The average molecular weight is 1480 g/mol. The number of aliphatic hydroxyl groups is 2. The van der Waals surface area contributed by atoms with Crippen molar-refractivity contribution in [1.82, 2.24) is 39.9 Å². The van der Waals surface area contributed by atoms with Crippen molar-refractivity contribution in [2.75, 3.05) is 38.8 Å². The fourth-order valence-electron chi connectivity index (χ4n) is 10.6. The first-order valence-electron chi connectivity index (χ1n) is 35.0. The Balaban J connectivity index is 0.000000218. The summed E-state index contributed by atoms with van der Waals surface area (Å²) in [6.07, 6.45) is 16.9. The molecule has 4 aromatic heterocycles. The van der Waals surface area contributed by atoms with E-state index in [9.17, 15) is 29.4 Å². The Kier molecular flexibility index (Phi) is 35.9. The van der Waals surface area contributed by atoms with E-state index in [1.165, 1.54) is 22.3 Å². The van der Waals surface area contributed by atoms with Crippen LogP contribution in [0, 0.1) is 27.7 Å². The molecule has 0 saturated heterocycles. The molecule has 12 aromatic rings. The number of carbonyl (C=O) groups excluding carboxylic acids is 3. The van der Waals surface area contributed by atoms with Crippen LogP contribution in [0.25, 0.3) is 44.5 Å². The van der Waals surface area contributed by atoms with Gasteiger partial charge in [-0.05, 0) is 133 Å². The zero-order valence-electron chi connectivity index (χ0n) is 62.5. The van der Waals surface area contributed by atoms with Crippen LogP contribution in [-0.2, 0) is 65.5 Å². The molecule has 6 N–H and O–H groups in total. The molecule has 109 heavy (non-hydrogen) atoms. The van der Waals surface area contributed by atoms with Gasteiger partial charge in [0, 0.05) is 96.8 Å². The SMILES string of the molecule is CCOC(=O)C(CO)c1ccc(Cc2ncc(-c3ccc(C)cc3)cn2)cc1.CCOC(=O)Cc1ccc(Cc2ncc(-c3ccc(C)cc3)cn2)cc1.CCOC(=O)Cc1ccc(N)cc1.Cc1ccc(-c2cnc(Cc3ccc(C(CO)C(=O)O)cc3)nc2)cc1.Cc1ccc(-c2cnc(Cl)nc2)cc1.[Li+].[OH-]. The molecule has 0 amide bonds. The first kappa shape index (κ1) is 86.4. The minimum absolute atomic E-state index is 0. The van der Waals surface area contributed by atoms with Crippen LogP contribution >= 0.6 is 11.6 Å². The largest absolute Gasteiger partial charge is 1.00 e. The van der Waals surface area contributed by atoms with Gasteiger partial charge in [0.05, 0.1) is 45.9 Å². The number of aromatic nitrogens is 8. The summed E-state index contributed by atoms with van der Waals surface area (Å²) in [7, 11) is 0. The van der Waals surface area contributed by atoms with Crippen molar-refractivity contribution in [3.05, 3.63) is 328 Å². The summed E-state index contributed by atoms with van der Waals surface area (Å²) in [6.45, 7) is 14.0. The molecule has 0 aliphatic rings. The van der Waals surface area contributed by atoms with E-state index in [1.54, 1.807) is 50.5 Å². The second-order valence-corrected chi connectivity index (χ2v) is 25.3. The molecule has 8 aromatic carbocycles. The van der Waals surface area contributed by atoms with Gasteiger partial charge in [0.2, 0.25) is 5.28 Å². The van der Waals surface area contributed by atoms with Crippen LogP contribution in [0.1, 0.15) is 111 Å². The summed E-state index contributed by atoms with van der Waals surface area (Å²) >= 11 is 5.60. The number of benzene rings is 8. The molecule has 0 spiro atoms. The van der Waals surface area contributed by atoms with Crippen molar-refractivity contribution >= 4 is 41.2 Å². The van der Waals surface area contributed by atoms with E-state index in [-0.39, 0.29) is 48.2 Å². The minimum Gasteiger partial charge on any atom is -0.870 e. The van der Waals surface area contributed by atoms with E-state index in [0.717, 1.165) is 89.5 Å². The predicted octanol–water partition coefficient (Wildman–Crippen LogP) is 12.3. The van der Waals surface area contributed by atoms with Crippen LogP contribution < -0.4 is 24.6 Å². The fraction of sp³-hybridized carbons (Fsp3) is 0.218. The van der Waals surface area contributed by atoms with Gasteiger partial charge in [0.15, 0.2) is 0 Å². The molecule has 12 rings (SSSR count). The fourth-order valence-corrected chi connectivity index (χ4v) is 10.7. The van der Waals surface area contributed by atoms with Gasteiger partial charge in [0.1, 0.15) is 29.3 Å². The van der Waals surface area contributed by atoms with E-state index in [1.807, 2.05) is 148 Å². The summed E-state index contributed by atoms with van der Waals surface area (Å²) in [5.74, 6) is -1.18. The first-order valence-corrected chi connectivity index (χ1v) is 35.4. The molecule has 22 heteroatoms. The Labute approximate surface area is 653 Å². The molecular weight excluding hydrogens is 1390 g/mol. The third-order valence-corrected chi connectivity index (χ3v) is 16.9. The number of hydrogen-bond donors (Lipinski definition) is 4. The molecule has 0 saturated carbocycles. The molecule has 0 aliphatic carbocycles. The van der Waals surface area contributed by atoms with Gasteiger partial charge in [0.25, 0.3) is 0 Å². The summed E-state index contributed by atoms with van der Waals surface area (Å²) in [5.41, 5.74) is 25.8. The van der Waals surface area contributed by atoms with Gasteiger partial charge in [-0.15, -0.1) is 0 Å². The van der Waals surface area contributed by atoms with E-state index in [4.69, 9.17) is 36.7 Å². The van der Waals surface area contributed by atoms with Crippen molar-refractivity contribution in [1.29, 1.82) is 0 Å². The molecule has 4 heterocycles. The second-order valence-electron chi connectivity index (χ2n) is 25.0. The monoisotopic (exact) mass is 1480 g/mol. The summed E-state index contributed by atoms with van der Waals surface area (Å²) in [4.78, 5) is 80.2. The number of hydrogen-bond acceptors (Lipinski definition) is 19. The molecule has 0 aliphatic heterocycles. The standard InChI is InChI=1S/C23H24N2O3.C22H22N2O2.C21H20N2O3.C11H9ClN2.C10H13NO2.Li.H2O/c1-3-28-23(27)21(15-26)19-10-6-17(7-11-19)12-22-24-13-20(14-25-22)18-8-4-16(2)5-9-18;1-3-26-22(25)13-18-8-6-17(7-9-18)12-21-23-14-20(15-24-21)19-10-4-16(2)5-11-19;1-14-2-6-16(7-3-14)18-11-22-20(23-12-18)10-15-4-8-17(9-5-15)19(13-24)21(25)26;1-8-2-4-9(5-3-8)10-6-13-11(12)14-7-10;1-2-13-10(12)7-8-3-5-9(11)6-4-8;;/h4-11,13-14,21,26H,3,12,15H2,1-2H3;4-11,14-15H,3,12-13H2,1-2H3;2-9,11-12,19,24H,10,13H2,1H3,(H,25,26);2-7H,1H3;3-6H,2,7,11H2,1H3;;1H2/q;;;;;+1;/p-1. The van der Waals surface area contributed by atoms with E-state index < -0.39 is 30.4 Å². The zero-order chi connectivity index (χ0) is 76.5. The number of ether oxygens (including phenoxy) is 3. The number of nitrogen functional groups attached to an aromatic ring is 1. The van der Waals surface area contributed by atoms with Gasteiger partial charge in [-0.3, -0.25) is 19.2 Å². The van der Waals surface area contributed by atoms with Crippen molar-refractivity contribution in [2.24, 2.45) is 0 Å². The Morgan fingerprint density at radius 1 is 0.367 bits per heavy atom. The molecule has 556 valence electrons. The molecule has 0 fully saturated rings. The second kappa shape index (κ2) is 45.2. The van der Waals surface area contributed by atoms with Crippen molar-refractivity contribution in [2.45, 2.75) is 92.4 Å². The van der Waals surface area contributed by atoms with Gasteiger partial charge in [-0.2, -0.15) is 0 Å². The van der Waals surface area contributed by atoms with Crippen LogP contribution in [0.3, 0.4) is 0 Å². The van der Waals surface area contributed by atoms with Gasteiger partial charge >= 0.3 is 42.7 Å². The quantitative estimate of drug-likeness (QED) is 0.0152. The van der Waals surface area contributed by atoms with E-state index in [2.05, 4.69) is 133 Å². The molecule has 0 bridgehead atoms. The van der Waals surface area contributed by atoms with Gasteiger partial charge < -0.3 is 40.7 Å². The van der Waals surface area contributed by atoms with E-state index in [0.29, 0.717) is 69.0 Å². The molecule has 2 atom stereocenters. The number of anilines is 1. The van der Waals surface area contributed by atoms with Crippen LogP contribution in [0.15, 0.2) is 244 Å². The Bertz CT molecular complexity index is 4660. The van der Waals surface area contributed by atoms with Crippen molar-refractivity contribution in [3.63, 3.8) is 0 Å². The Morgan fingerprint density at radius 2 is 0.624 bits per heavy atom. The number of esters is 3. The zero-order valence-corrected chi connectivity index (χ0v) is 63.3.